The summed E-state index contributed by atoms with van der Waals surface area (Å²) in [5.41, 5.74) is 16.1. The lowest BCUT2D eigenvalue weighted by molar-refractivity contribution is 0.329. The average Bonchev–Trinajstić information content (AvgIpc) is 3.09. The molecule has 4 N–H and O–H groups in total. The molecule has 0 bridgehead atoms. The second kappa shape index (κ2) is 6.32. The number of aromatic nitrogens is 4. The van der Waals surface area contributed by atoms with Gasteiger partial charge in [0.1, 0.15) is 17.8 Å². The highest BCUT2D eigenvalue weighted by atomic mass is 15.1. The number of nitrogens with zero attached hydrogens (tertiary/aromatic N) is 4. The number of nitrogen functional groups attached to an aromatic ring is 1. The van der Waals surface area contributed by atoms with Gasteiger partial charge in [-0.3, -0.25) is 0 Å². The molecule has 0 aliphatic heterocycles. The van der Waals surface area contributed by atoms with Crippen LogP contribution in [0.15, 0.2) is 48.9 Å². The number of fused-ring (bicyclic) bond motifs is 2. The van der Waals surface area contributed by atoms with E-state index in [0.717, 1.165) is 58.9 Å². The number of pyridine rings is 1. The zero-order chi connectivity index (χ0) is 18.4. The fourth-order valence-corrected chi connectivity index (χ4v) is 4.18. The molecule has 0 unspecified atom stereocenters. The van der Waals surface area contributed by atoms with Crippen LogP contribution in [0.4, 0.5) is 5.82 Å². The topological polar surface area (TPSA) is 95.6 Å². The molecule has 1 aromatic carbocycles. The quantitative estimate of drug-likeness (QED) is 0.570. The van der Waals surface area contributed by atoms with Crippen molar-refractivity contribution in [1.82, 2.24) is 19.5 Å². The minimum Gasteiger partial charge on any atom is -0.383 e. The van der Waals surface area contributed by atoms with Crippen LogP contribution in [0.5, 0.6) is 0 Å². The predicted molar refractivity (Wildman–Crippen MR) is 108 cm³/mol. The first-order valence-corrected chi connectivity index (χ1v) is 9.43. The maximum Gasteiger partial charge on any atom is 0.146 e. The van der Waals surface area contributed by atoms with Gasteiger partial charge in [-0.15, -0.1) is 0 Å². The van der Waals surface area contributed by atoms with E-state index < -0.39 is 0 Å². The van der Waals surface area contributed by atoms with Crippen LogP contribution in [0.3, 0.4) is 0 Å². The first-order valence-electron chi connectivity index (χ1n) is 9.43. The summed E-state index contributed by atoms with van der Waals surface area (Å²) in [6.45, 7) is 0. The van der Waals surface area contributed by atoms with E-state index >= 15 is 0 Å². The Hall–Kier alpha value is -2.99. The van der Waals surface area contributed by atoms with Gasteiger partial charge in [0.25, 0.3) is 0 Å². The van der Waals surface area contributed by atoms with E-state index in [0.29, 0.717) is 17.9 Å². The van der Waals surface area contributed by atoms with Crippen LogP contribution in [0, 0.1) is 0 Å². The van der Waals surface area contributed by atoms with Crippen molar-refractivity contribution in [2.45, 2.75) is 37.8 Å². The van der Waals surface area contributed by atoms with Gasteiger partial charge >= 0.3 is 0 Å². The minimum atomic E-state index is 0.310. The Balaban J connectivity index is 1.69. The molecule has 6 nitrogen and oxygen atoms in total. The lowest BCUT2D eigenvalue weighted by Gasteiger charge is -2.27. The third-order valence-corrected chi connectivity index (χ3v) is 5.65. The number of benzene rings is 1. The largest absolute Gasteiger partial charge is 0.383 e. The summed E-state index contributed by atoms with van der Waals surface area (Å²) in [7, 11) is 0. The minimum absolute atomic E-state index is 0.310. The van der Waals surface area contributed by atoms with Crippen molar-refractivity contribution < 1.29 is 0 Å². The Labute approximate surface area is 157 Å². The Bertz CT molecular complexity index is 1120. The van der Waals surface area contributed by atoms with Crippen LogP contribution in [0.25, 0.3) is 33.2 Å². The summed E-state index contributed by atoms with van der Waals surface area (Å²) in [5, 5.41) is 2.01. The number of rotatable bonds is 2. The molecule has 0 radical (unpaired) electrons. The van der Waals surface area contributed by atoms with Gasteiger partial charge in [-0.05, 0) is 37.8 Å². The van der Waals surface area contributed by atoms with Crippen molar-refractivity contribution in [2.75, 3.05) is 5.73 Å². The molecule has 5 rings (SSSR count). The molecule has 0 atom stereocenters. The van der Waals surface area contributed by atoms with Crippen LogP contribution in [0.1, 0.15) is 31.7 Å². The lowest BCUT2D eigenvalue weighted by atomic mass is 9.92. The van der Waals surface area contributed by atoms with E-state index in [1.54, 1.807) is 6.33 Å². The fourth-order valence-electron chi connectivity index (χ4n) is 4.18. The zero-order valence-electron chi connectivity index (χ0n) is 15.0. The number of para-hydroxylation sites is 1. The maximum atomic E-state index is 6.26. The fraction of sp³-hybridized carbons (Fsp3) is 0.286. The van der Waals surface area contributed by atoms with Gasteiger partial charge < -0.3 is 16.0 Å². The summed E-state index contributed by atoms with van der Waals surface area (Å²) in [4.78, 5) is 13.7. The van der Waals surface area contributed by atoms with E-state index in [2.05, 4.69) is 32.9 Å². The smallest absolute Gasteiger partial charge is 0.146 e. The molecule has 3 heterocycles. The van der Waals surface area contributed by atoms with Gasteiger partial charge in [-0.25, -0.2) is 15.0 Å². The van der Waals surface area contributed by atoms with Gasteiger partial charge in [-0.1, -0.05) is 24.3 Å². The number of nitrogens with two attached hydrogens (primary N) is 2. The molecular weight excluding hydrogens is 336 g/mol. The summed E-state index contributed by atoms with van der Waals surface area (Å²) >= 11 is 0. The van der Waals surface area contributed by atoms with Gasteiger partial charge in [0.2, 0.25) is 0 Å². The Kier molecular flexibility index (Phi) is 3.79. The second-order valence-corrected chi connectivity index (χ2v) is 7.37. The predicted octanol–water partition coefficient (Wildman–Crippen LogP) is 3.67. The molecule has 1 fully saturated rings. The molecule has 6 heteroatoms. The highest BCUT2D eigenvalue weighted by Crippen LogP contribution is 2.37. The van der Waals surface area contributed by atoms with E-state index in [9.17, 15) is 0 Å². The first kappa shape index (κ1) is 16.2. The summed E-state index contributed by atoms with van der Waals surface area (Å²) in [6.07, 6.45) is 7.87. The van der Waals surface area contributed by atoms with E-state index in [4.69, 9.17) is 16.5 Å². The third-order valence-electron chi connectivity index (χ3n) is 5.65. The summed E-state index contributed by atoms with van der Waals surface area (Å²) in [5.74, 6) is 0.496. The van der Waals surface area contributed by atoms with Crippen molar-refractivity contribution >= 4 is 27.8 Å². The molecule has 0 spiro atoms. The van der Waals surface area contributed by atoms with E-state index in [1.807, 2.05) is 24.3 Å². The van der Waals surface area contributed by atoms with Gasteiger partial charge in [0.05, 0.1) is 16.6 Å². The van der Waals surface area contributed by atoms with Crippen LogP contribution >= 0.6 is 0 Å². The molecule has 1 aliphatic carbocycles. The van der Waals surface area contributed by atoms with Crippen LogP contribution < -0.4 is 11.5 Å². The molecule has 0 amide bonds. The van der Waals surface area contributed by atoms with Crippen LogP contribution in [0.2, 0.25) is 0 Å². The number of hydrogen-bond acceptors (Lipinski definition) is 5. The molecule has 3 aromatic heterocycles. The van der Waals surface area contributed by atoms with Crippen LogP contribution in [-0.2, 0) is 0 Å². The highest BCUT2D eigenvalue weighted by molar-refractivity contribution is 6.00. The van der Waals surface area contributed by atoms with Crippen molar-refractivity contribution in [3.8, 4) is 11.3 Å². The Morgan fingerprint density at radius 1 is 0.963 bits per heavy atom. The zero-order valence-corrected chi connectivity index (χ0v) is 15.0. The highest BCUT2D eigenvalue weighted by Gasteiger charge is 2.24. The average molecular weight is 358 g/mol. The summed E-state index contributed by atoms with van der Waals surface area (Å²) < 4.78 is 2.26. The SMILES string of the molecule is Nc1ncnc2c1c(-c1ccc3ccccc3n1)cn2C1CCC(N)CC1. The molecule has 136 valence electrons. The van der Waals surface area contributed by atoms with Crippen LogP contribution in [-0.4, -0.2) is 25.6 Å². The number of hydrogen-bond donors (Lipinski definition) is 2. The molecule has 1 saturated carbocycles. The standard InChI is InChI=1S/C21H22N6/c22-14-6-8-15(9-7-14)27-11-16(19-20(23)24-12-25-21(19)27)18-10-5-13-3-1-2-4-17(13)26-18/h1-5,10-12,14-15H,6-9,22H2,(H2,23,24,25). The van der Waals surface area contributed by atoms with Crippen molar-refractivity contribution in [2.24, 2.45) is 5.73 Å². The monoisotopic (exact) mass is 358 g/mol. The maximum absolute atomic E-state index is 6.26. The van der Waals surface area contributed by atoms with Crippen molar-refractivity contribution in [3.05, 3.63) is 48.9 Å². The second-order valence-electron chi connectivity index (χ2n) is 7.37. The first-order chi connectivity index (χ1) is 13.2. The van der Waals surface area contributed by atoms with Crippen molar-refractivity contribution in [1.29, 1.82) is 0 Å². The van der Waals surface area contributed by atoms with Gasteiger partial charge in [0.15, 0.2) is 0 Å². The summed E-state index contributed by atoms with van der Waals surface area (Å²) in [6, 6.07) is 13.0. The molecular formula is C21H22N6. The van der Waals surface area contributed by atoms with E-state index in [1.165, 1.54) is 0 Å². The number of anilines is 1. The van der Waals surface area contributed by atoms with Crippen molar-refractivity contribution in [3.63, 3.8) is 0 Å². The molecule has 4 aromatic rings. The molecule has 27 heavy (non-hydrogen) atoms. The Morgan fingerprint density at radius 2 is 1.78 bits per heavy atom. The molecule has 0 saturated heterocycles. The lowest BCUT2D eigenvalue weighted by Crippen LogP contribution is -2.27. The molecule has 1 aliphatic rings. The third kappa shape index (κ3) is 2.73. The van der Waals surface area contributed by atoms with E-state index in [-0.39, 0.29) is 0 Å². The van der Waals surface area contributed by atoms with Gasteiger partial charge in [-0.2, -0.15) is 0 Å². The van der Waals surface area contributed by atoms with Gasteiger partial charge in [0, 0.05) is 29.2 Å². The normalized spacial score (nSPS) is 20.3. The Morgan fingerprint density at radius 3 is 2.63 bits per heavy atom.